The van der Waals surface area contributed by atoms with Crippen LogP contribution in [0.5, 0.6) is 0 Å². The molecule has 2 aromatic rings. The van der Waals surface area contributed by atoms with Crippen LogP contribution in [0.15, 0.2) is 28.7 Å². The van der Waals surface area contributed by atoms with E-state index >= 15 is 0 Å². The molecule has 2 aliphatic heterocycles. The lowest BCUT2D eigenvalue weighted by atomic mass is 9.93. The number of fused-ring (bicyclic) bond motifs is 2. The first-order valence-corrected chi connectivity index (χ1v) is 6.74. The van der Waals surface area contributed by atoms with E-state index in [9.17, 15) is 0 Å². The molecule has 1 N–H and O–H groups in total. The van der Waals surface area contributed by atoms with Crippen LogP contribution in [0.4, 0.5) is 6.01 Å². The van der Waals surface area contributed by atoms with Crippen molar-refractivity contribution in [3.05, 3.63) is 24.3 Å². The van der Waals surface area contributed by atoms with Crippen molar-refractivity contribution in [1.29, 1.82) is 0 Å². The average molecular weight is 243 g/mol. The minimum absolute atomic E-state index is 0.619. The van der Waals surface area contributed by atoms with Gasteiger partial charge < -0.3 is 14.6 Å². The molecule has 0 saturated carbocycles. The lowest BCUT2D eigenvalue weighted by Gasteiger charge is -2.33. The number of piperidine rings is 1. The first kappa shape index (κ1) is 10.4. The Morgan fingerprint density at radius 2 is 2.22 bits per heavy atom. The number of benzene rings is 1. The highest BCUT2D eigenvalue weighted by Crippen LogP contribution is 2.29. The zero-order valence-electron chi connectivity index (χ0n) is 10.3. The molecule has 4 rings (SSSR count). The van der Waals surface area contributed by atoms with E-state index in [0.29, 0.717) is 6.04 Å². The largest absolute Gasteiger partial charge is 0.423 e. The van der Waals surface area contributed by atoms with Crippen LogP contribution in [-0.4, -0.2) is 30.7 Å². The maximum atomic E-state index is 5.84. The van der Waals surface area contributed by atoms with E-state index in [1.165, 1.54) is 12.8 Å². The maximum absolute atomic E-state index is 5.84. The van der Waals surface area contributed by atoms with Crippen LogP contribution in [0, 0.1) is 5.92 Å². The summed E-state index contributed by atoms with van der Waals surface area (Å²) in [4.78, 5) is 6.86. The molecular formula is C14H17N3O. The summed E-state index contributed by atoms with van der Waals surface area (Å²) in [5, 5.41) is 3.58. The third kappa shape index (κ3) is 1.60. The molecule has 2 atom stereocenters. The smallest absolute Gasteiger partial charge is 0.298 e. The second kappa shape index (κ2) is 3.99. The van der Waals surface area contributed by atoms with Crippen LogP contribution in [-0.2, 0) is 0 Å². The third-order valence-corrected chi connectivity index (χ3v) is 4.23. The molecule has 0 aliphatic carbocycles. The van der Waals surface area contributed by atoms with Crippen molar-refractivity contribution in [2.75, 3.05) is 24.5 Å². The lowest BCUT2D eigenvalue weighted by Crippen LogP contribution is -2.46. The number of para-hydroxylation sites is 2. The van der Waals surface area contributed by atoms with E-state index in [1.54, 1.807) is 0 Å². The summed E-state index contributed by atoms with van der Waals surface area (Å²) in [6.45, 7) is 3.25. The van der Waals surface area contributed by atoms with Gasteiger partial charge in [-0.15, -0.1) is 0 Å². The third-order valence-electron chi connectivity index (χ3n) is 4.23. The van der Waals surface area contributed by atoms with Crippen molar-refractivity contribution in [2.24, 2.45) is 5.92 Å². The molecule has 18 heavy (non-hydrogen) atoms. The summed E-state index contributed by atoms with van der Waals surface area (Å²) >= 11 is 0. The van der Waals surface area contributed by atoms with Gasteiger partial charge in [0, 0.05) is 19.1 Å². The van der Waals surface area contributed by atoms with Gasteiger partial charge in [-0.2, -0.15) is 4.98 Å². The second-order valence-corrected chi connectivity index (χ2v) is 5.31. The topological polar surface area (TPSA) is 41.3 Å². The quantitative estimate of drug-likeness (QED) is 0.832. The van der Waals surface area contributed by atoms with Gasteiger partial charge in [-0.25, -0.2) is 0 Å². The lowest BCUT2D eigenvalue weighted by molar-refractivity contribution is 0.360. The fourth-order valence-electron chi connectivity index (χ4n) is 3.20. The van der Waals surface area contributed by atoms with Crippen molar-refractivity contribution >= 4 is 17.1 Å². The fourth-order valence-corrected chi connectivity index (χ4v) is 3.20. The monoisotopic (exact) mass is 243 g/mol. The van der Waals surface area contributed by atoms with Gasteiger partial charge in [0.15, 0.2) is 5.58 Å². The fraction of sp³-hybridized carbons (Fsp3) is 0.500. The molecule has 1 aromatic heterocycles. The minimum atomic E-state index is 0.619. The molecule has 0 spiro atoms. The number of oxazole rings is 1. The summed E-state index contributed by atoms with van der Waals surface area (Å²) in [5.41, 5.74) is 1.84. The molecule has 4 nitrogen and oxygen atoms in total. The zero-order chi connectivity index (χ0) is 11.9. The summed E-state index contributed by atoms with van der Waals surface area (Å²) in [5.74, 6) is 0.852. The van der Waals surface area contributed by atoms with Gasteiger partial charge in [0.05, 0.1) is 0 Å². The van der Waals surface area contributed by atoms with Gasteiger partial charge in [0.25, 0.3) is 6.01 Å². The van der Waals surface area contributed by atoms with E-state index < -0.39 is 0 Å². The van der Waals surface area contributed by atoms with Crippen molar-refractivity contribution < 1.29 is 4.42 Å². The highest BCUT2D eigenvalue weighted by atomic mass is 16.4. The van der Waals surface area contributed by atoms with Gasteiger partial charge in [-0.3, -0.25) is 0 Å². The van der Waals surface area contributed by atoms with Crippen LogP contribution in [0.3, 0.4) is 0 Å². The molecule has 2 fully saturated rings. The Bertz CT molecular complexity index is 532. The summed E-state index contributed by atoms with van der Waals surface area (Å²) in [7, 11) is 0. The van der Waals surface area contributed by atoms with Gasteiger partial charge in [0.1, 0.15) is 5.52 Å². The van der Waals surface area contributed by atoms with Crippen LogP contribution in [0.1, 0.15) is 12.8 Å². The first-order valence-electron chi connectivity index (χ1n) is 6.74. The molecular weight excluding hydrogens is 226 g/mol. The molecule has 2 saturated heterocycles. The van der Waals surface area contributed by atoms with Crippen LogP contribution in [0.2, 0.25) is 0 Å². The number of anilines is 1. The summed E-state index contributed by atoms with van der Waals surface area (Å²) in [6, 6.07) is 9.37. The maximum Gasteiger partial charge on any atom is 0.298 e. The number of rotatable bonds is 1. The van der Waals surface area contributed by atoms with E-state index in [2.05, 4.69) is 15.2 Å². The Labute approximate surface area is 106 Å². The number of nitrogens with zero attached hydrogens (tertiary/aromatic N) is 2. The molecule has 0 amide bonds. The number of aromatic nitrogens is 1. The molecule has 3 heterocycles. The SMILES string of the molecule is c1ccc2oc(N3CCC4CCNC4C3)nc2c1. The molecule has 4 heteroatoms. The average Bonchev–Trinajstić information content (AvgIpc) is 3.04. The van der Waals surface area contributed by atoms with Crippen molar-refractivity contribution in [1.82, 2.24) is 10.3 Å². The Morgan fingerprint density at radius 3 is 3.17 bits per heavy atom. The highest BCUT2D eigenvalue weighted by molar-refractivity contribution is 5.74. The highest BCUT2D eigenvalue weighted by Gasteiger charge is 2.33. The molecule has 0 bridgehead atoms. The molecule has 2 aliphatic rings. The van der Waals surface area contributed by atoms with Crippen LogP contribution < -0.4 is 10.2 Å². The molecule has 94 valence electrons. The van der Waals surface area contributed by atoms with Gasteiger partial charge in [-0.05, 0) is 37.4 Å². The normalized spacial score (nSPS) is 27.7. The Hall–Kier alpha value is -1.55. The van der Waals surface area contributed by atoms with Crippen molar-refractivity contribution in [2.45, 2.75) is 18.9 Å². The number of hydrogen-bond acceptors (Lipinski definition) is 4. The van der Waals surface area contributed by atoms with Crippen molar-refractivity contribution in [3.8, 4) is 0 Å². The predicted molar refractivity (Wildman–Crippen MR) is 70.7 cm³/mol. The molecule has 0 radical (unpaired) electrons. The Kier molecular flexibility index (Phi) is 2.30. The summed E-state index contributed by atoms with van der Waals surface area (Å²) < 4.78 is 5.84. The van der Waals surface area contributed by atoms with Crippen LogP contribution >= 0.6 is 0 Å². The second-order valence-electron chi connectivity index (χ2n) is 5.31. The predicted octanol–water partition coefficient (Wildman–Crippen LogP) is 2.02. The van der Waals surface area contributed by atoms with Gasteiger partial charge in [-0.1, -0.05) is 12.1 Å². The number of nitrogens with one attached hydrogen (secondary N) is 1. The van der Waals surface area contributed by atoms with E-state index in [-0.39, 0.29) is 0 Å². The van der Waals surface area contributed by atoms with Gasteiger partial charge >= 0.3 is 0 Å². The molecule has 2 unspecified atom stereocenters. The van der Waals surface area contributed by atoms with E-state index in [0.717, 1.165) is 42.7 Å². The Balaban J connectivity index is 1.62. The Morgan fingerprint density at radius 1 is 1.28 bits per heavy atom. The first-order chi connectivity index (χ1) is 8.90. The van der Waals surface area contributed by atoms with Crippen LogP contribution in [0.25, 0.3) is 11.1 Å². The van der Waals surface area contributed by atoms with E-state index in [4.69, 9.17) is 4.42 Å². The standard InChI is InChI=1S/C14H17N3O/c1-2-4-13-11(3-1)16-14(18-13)17-8-6-10-5-7-15-12(10)9-17/h1-4,10,12,15H,5-9H2. The molecule has 1 aromatic carbocycles. The number of hydrogen-bond donors (Lipinski definition) is 1. The minimum Gasteiger partial charge on any atom is -0.423 e. The summed E-state index contributed by atoms with van der Waals surface area (Å²) in [6.07, 6.45) is 2.57. The zero-order valence-corrected chi connectivity index (χ0v) is 10.3. The van der Waals surface area contributed by atoms with Gasteiger partial charge in [0.2, 0.25) is 0 Å². The van der Waals surface area contributed by atoms with E-state index in [1.807, 2.05) is 24.3 Å². The van der Waals surface area contributed by atoms with Crippen molar-refractivity contribution in [3.63, 3.8) is 0 Å².